The van der Waals surface area contributed by atoms with E-state index in [-0.39, 0.29) is 6.61 Å². The molecule has 15 heavy (non-hydrogen) atoms. The second kappa shape index (κ2) is 4.90. The lowest BCUT2D eigenvalue weighted by Crippen LogP contribution is -2.37. The van der Waals surface area contributed by atoms with Gasteiger partial charge in [0.25, 0.3) is 0 Å². The summed E-state index contributed by atoms with van der Waals surface area (Å²) in [6, 6.07) is 1.92. The number of nitrogens with zero attached hydrogens (tertiary/aromatic N) is 3. The summed E-state index contributed by atoms with van der Waals surface area (Å²) < 4.78 is 0.804. The first kappa shape index (κ1) is 10.8. The Morgan fingerprint density at radius 1 is 1.53 bits per heavy atom. The van der Waals surface area contributed by atoms with Crippen LogP contribution >= 0.6 is 15.9 Å². The summed E-state index contributed by atoms with van der Waals surface area (Å²) in [7, 11) is 0. The fourth-order valence-electron chi connectivity index (χ4n) is 1.92. The van der Waals surface area contributed by atoms with Gasteiger partial charge in [-0.25, -0.2) is 9.97 Å². The third-order valence-electron chi connectivity index (χ3n) is 2.72. The van der Waals surface area contributed by atoms with Crippen LogP contribution in [0.1, 0.15) is 12.8 Å². The van der Waals surface area contributed by atoms with Gasteiger partial charge in [-0.1, -0.05) is 0 Å². The molecule has 1 atom stereocenters. The highest BCUT2D eigenvalue weighted by molar-refractivity contribution is 9.10. The number of anilines is 1. The largest absolute Gasteiger partial charge is 0.396 e. The monoisotopic (exact) mass is 271 g/mol. The minimum absolute atomic E-state index is 0.267. The lowest BCUT2D eigenvalue weighted by atomic mass is 9.99. The van der Waals surface area contributed by atoms with E-state index >= 15 is 0 Å². The Morgan fingerprint density at radius 2 is 2.40 bits per heavy atom. The molecule has 1 unspecified atom stereocenters. The number of aliphatic hydroxyl groups is 1. The Labute approximate surface area is 97.5 Å². The lowest BCUT2D eigenvalue weighted by molar-refractivity contribution is 0.208. The van der Waals surface area contributed by atoms with Gasteiger partial charge < -0.3 is 10.0 Å². The molecule has 1 saturated heterocycles. The van der Waals surface area contributed by atoms with Crippen molar-refractivity contribution in [1.82, 2.24) is 9.97 Å². The number of hydrogen-bond donors (Lipinski definition) is 1. The van der Waals surface area contributed by atoms with Crippen LogP contribution in [-0.2, 0) is 0 Å². The Kier molecular flexibility index (Phi) is 3.53. The van der Waals surface area contributed by atoms with Crippen molar-refractivity contribution in [2.45, 2.75) is 12.8 Å². The van der Waals surface area contributed by atoms with E-state index in [0.717, 1.165) is 36.4 Å². The van der Waals surface area contributed by atoms with Gasteiger partial charge >= 0.3 is 0 Å². The smallest absolute Gasteiger partial charge is 0.133 e. The van der Waals surface area contributed by atoms with Crippen LogP contribution in [0.4, 0.5) is 5.82 Å². The Balaban J connectivity index is 2.09. The molecule has 1 aliphatic rings. The minimum Gasteiger partial charge on any atom is -0.396 e. The second-order valence-electron chi connectivity index (χ2n) is 3.84. The highest BCUT2D eigenvalue weighted by atomic mass is 79.9. The fourth-order valence-corrected chi connectivity index (χ4v) is 2.22. The van der Waals surface area contributed by atoms with Crippen LogP contribution in [0.3, 0.4) is 0 Å². The van der Waals surface area contributed by atoms with Gasteiger partial charge in [0, 0.05) is 25.8 Å². The quantitative estimate of drug-likeness (QED) is 0.828. The first-order valence-corrected chi connectivity index (χ1v) is 5.92. The van der Waals surface area contributed by atoms with Gasteiger partial charge in [0.2, 0.25) is 0 Å². The fraction of sp³-hybridized carbons (Fsp3) is 0.600. The molecule has 5 heteroatoms. The maximum atomic E-state index is 9.14. The third-order valence-corrected chi connectivity index (χ3v) is 3.15. The molecule has 1 aromatic heterocycles. The molecule has 1 aliphatic heterocycles. The van der Waals surface area contributed by atoms with Crippen molar-refractivity contribution in [3.05, 3.63) is 17.0 Å². The maximum Gasteiger partial charge on any atom is 0.133 e. The normalized spacial score (nSPS) is 21.7. The van der Waals surface area contributed by atoms with E-state index in [2.05, 4.69) is 30.8 Å². The second-order valence-corrected chi connectivity index (χ2v) is 4.65. The van der Waals surface area contributed by atoms with Crippen LogP contribution in [-0.4, -0.2) is 34.8 Å². The van der Waals surface area contributed by atoms with Crippen LogP contribution in [0.5, 0.6) is 0 Å². The van der Waals surface area contributed by atoms with Crippen molar-refractivity contribution < 1.29 is 5.11 Å². The first-order valence-electron chi connectivity index (χ1n) is 5.13. The Bertz CT molecular complexity index is 334. The molecule has 2 rings (SSSR count). The average molecular weight is 272 g/mol. The zero-order valence-electron chi connectivity index (χ0n) is 8.43. The van der Waals surface area contributed by atoms with Gasteiger partial charge in [-0.05, 0) is 34.7 Å². The van der Waals surface area contributed by atoms with Crippen molar-refractivity contribution in [3.8, 4) is 0 Å². The molecule has 1 N–H and O–H groups in total. The van der Waals surface area contributed by atoms with E-state index in [1.807, 2.05) is 6.07 Å². The van der Waals surface area contributed by atoms with Crippen molar-refractivity contribution in [2.75, 3.05) is 24.6 Å². The summed E-state index contributed by atoms with van der Waals surface area (Å²) in [6.45, 7) is 2.17. The number of piperidine rings is 1. The molecule has 0 amide bonds. The van der Waals surface area contributed by atoms with E-state index in [9.17, 15) is 0 Å². The van der Waals surface area contributed by atoms with Gasteiger partial charge in [0.05, 0.1) is 0 Å². The average Bonchev–Trinajstić information content (AvgIpc) is 2.29. The number of rotatable bonds is 2. The van der Waals surface area contributed by atoms with Gasteiger partial charge in [0.1, 0.15) is 16.7 Å². The van der Waals surface area contributed by atoms with Crippen molar-refractivity contribution in [2.24, 2.45) is 5.92 Å². The highest BCUT2D eigenvalue weighted by Gasteiger charge is 2.20. The van der Waals surface area contributed by atoms with E-state index < -0.39 is 0 Å². The lowest BCUT2D eigenvalue weighted by Gasteiger charge is -2.32. The van der Waals surface area contributed by atoms with Gasteiger partial charge in [0.15, 0.2) is 0 Å². The predicted molar refractivity (Wildman–Crippen MR) is 61.8 cm³/mol. The van der Waals surface area contributed by atoms with Crippen molar-refractivity contribution in [1.29, 1.82) is 0 Å². The van der Waals surface area contributed by atoms with Gasteiger partial charge in [-0.2, -0.15) is 0 Å². The van der Waals surface area contributed by atoms with Gasteiger partial charge in [-0.15, -0.1) is 0 Å². The third kappa shape index (κ3) is 2.66. The summed E-state index contributed by atoms with van der Waals surface area (Å²) in [6.07, 6.45) is 3.79. The highest BCUT2D eigenvalue weighted by Crippen LogP contribution is 2.22. The molecular formula is C10H14BrN3O. The topological polar surface area (TPSA) is 49.2 Å². The molecule has 82 valence electrons. The van der Waals surface area contributed by atoms with Gasteiger partial charge in [-0.3, -0.25) is 0 Å². The van der Waals surface area contributed by atoms with Crippen LogP contribution in [0.25, 0.3) is 0 Å². The summed E-state index contributed by atoms with van der Waals surface area (Å²) >= 11 is 3.33. The zero-order valence-corrected chi connectivity index (χ0v) is 10.0. The van der Waals surface area contributed by atoms with E-state index in [1.165, 1.54) is 0 Å². The van der Waals surface area contributed by atoms with Crippen LogP contribution in [0, 0.1) is 5.92 Å². The molecule has 4 nitrogen and oxygen atoms in total. The van der Waals surface area contributed by atoms with Crippen LogP contribution < -0.4 is 4.90 Å². The molecule has 0 saturated carbocycles. The van der Waals surface area contributed by atoms with Crippen molar-refractivity contribution >= 4 is 21.7 Å². The number of halogens is 1. The SMILES string of the molecule is OCC1CCCN(c2cc(Br)ncn2)C1. The van der Waals surface area contributed by atoms with E-state index in [1.54, 1.807) is 6.33 Å². The Hall–Kier alpha value is -0.680. The molecule has 0 aromatic carbocycles. The summed E-state index contributed by atoms with van der Waals surface area (Å²) in [5.74, 6) is 1.32. The molecular weight excluding hydrogens is 258 g/mol. The van der Waals surface area contributed by atoms with Crippen LogP contribution in [0.2, 0.25) is 0 Å². The number of hydrogen-bond acceptors (Lipinski definition) is 4. The number of aliphatic hydroxyl groups excluding tert-OH is 1. The molecule has 0 radical (unpaired) electrons. The zero-order chi connectivity index (χ0) is 10.7. The molecule has 0 aliphatic carbocycles. The van der Waals surface area contributed by atoms with E-state index in [0.29, 0.717) is 5.92 Å². The molecule has 0 bridgehead atoms. The standard InChI is InChI=1S/C10H14BrN3O/c11-9-4-10(13-7-12-9)14-3-1-2-8(5-14)6-15/h4,7-8,15H,1-3,5-6H2. The van der Waals surface area contributed by atoms with E-state index in [4.69, 9.17) is 5.11 Å². The summed E-state index contributed by atoms with van der Waals surface area (Å²) in [4.78, 5) is 10.4. The predicted octanol–water partition coefficient (Wildman–Crippen LogP) is 1.45. The Morgan fingerprint density at radius 3 is 3.13 bits per heavy atom. The first-order chi connectivity index (χ1) is 7.29. The number of aromatic nitrogens is 2. The van der Waals surface area contributed by atoms with Crippen molar-refractivity contribution in [3.63, 3.8) is 0 Å². The molecule has 0 spiro atoms. The van der Waals surface area contributed by atoms with Crippen LogP contribution in [0.15, 0.2) is 17.0 Å². The summed E-state index contributed by atoms with van der Waals surface area (Å²) in [5, 5.41) is 9.14. The molecule has 1 fully saturated rings. The molecule has 1 aromatic rings. The minimum atomic E-state index is 0.267. The maximum absolute atomic E-state index is 9.14. The summed E-state index contributed by atoms with van der Waals surface area (Å²) in [5.41, 5.74) is 0. The molecule has 2 heterocycles.